The summed E-state index contributed by atoms with van der Waals surface area (Å²) >= 11 is 0. The van der Waals surface area contributed by atoms with Crippen LogP contribution < -0.4 is 0 Å². The smallest absolute Gasteiger partial charge is 0.0828 e. The third kappa shape index (κ3) is 5.49. The van der Waals surface area contributed by atoms with Crippen LogP contribution in [0.4, 0.5) is 0 Å². The highest BCUT2D eigenvalue weighted by molar-refractivity contribution is 6.78. The van der Waals surface area contributed by atoms with Crippen LogP contribution in [0, 0.1) is 0 Å². The molecule has 1 N–H and O–H groups in total. The van der Waals surface area contributed by atoms with Gasteiger partial charge in [0.05, 0.1) is 14.2 Å². The fraction of sp³-hybridized carbons (Fsp3) is 0.333. The van der Waals surface area contributed by atoms with E-state index in [1.165, 1.54) is 5.56 Å². The van der Waals surface area contributed by atoms with Crippen LogP contribution in [0.15, 0.2) is 72.8 Å². The zero-order chi connectivity index (χ0) is 16.7. The van der Waals surface area contributed by atoms with Gasteiger partial charge in [0.25, 0.3) is 0 Å². The summed E-state index contributed by atoms with van der Waals surface area (Å²) in [7, 11) is -1.50. The molecule has 0 radical (unpaired) electrons. The number of rotatable bonds is 7. The van der Waals surface area contributed by atoms with Crippen LogP contribution in [0.25, 0.3) is 0 Å². The highest BCUT2D eigenvalue weighted by atomic mass is 28.3. The van der Waals surface area contributed by atoms with Gasteiger partial charge in [0, 0.05) is 5.54 Å². The maximum absolute atomic E-state index is 10.8. The second kappa shape index (κ2) is 8.28. The van der Waals surface area contributed by atoms with Crippen molar-refractivity contribution in [2.45, 2.75) is 44.1 Å². The van der Waals surface area contributed by atoms with Crippen LogP contribution in [0.2, 0.25) is 25.2 Å². The number of hydrogen-bond acceptors (Lipinski definition) is 1. The SMILES string of the molecule is C[Si](C)(C)[C@@H](/C=C/CCc1ccccc1)[C@H](O)c1ccccc1. The first-order valence-corrected chi connectivity index (χ1v) is 12.0. The van der Waals surface area contributed by atoms with E-state index in [2.05, 4.69) is 62.1 Å². The van der Waals surface area contributed by atoms with Crippen molar-refractivity contribution < 1.29 is 5.11 Å². The van der Waals surface area contributed by atoms with Gasteiger partial charge in [-0.15, -0.1) is 0 Å². The first-order chi connectivity index (χ1) is 11.0. The summed E-state index contributed by atoms with van der Waals surface area (Å²) in [5.74, 6) is 0. The lowest BCUT2D eigenvalue weighted by atomic mass is 10.0. The molecular formula is C21H28OSi. The number of hydrogen-bond donors (Lipinski definition) is 1. The number of aryl methyl sites for hydroxylation is 1. The second-order valence-corrected chi connectivity index (χ2v) is 12.6. The van der Waals surface area contributed by atoms with Crippen molar-refractivity contribution in [1.29, 1.82) is 0 Å². The van der Waals surface area contributed by atoms with Crippen LogP contribution >= 0.6 is 0 Å². The Labute approximate surface area is 141 Å². The van der Waals surface area contributed by atoms with Crippen LogP contribution in [0.5, 0.6) is 0 Å². The van der Waals surface area contributed by atoms with Gasteiger partial charge in [0.15, 0.2) is 0 Å². The number of benzene rings is 2. The zero-order valence-electron chi connectivity index (χ0n) is 14.4. The molecule has 0 aliphatic heterocycles. The molecule has 0 unspecified atom stereocenters. The molecular weight excluding hydrogens is 296 g/mol. The van der Waals surface area contributed by atoms with E-state index in [1.807, 2.05) is 30.3 Å². The van der Waals surface area contributed by atoms with Crippen LogP contribution in [-0.2, 0) is 6.42 Å². The lowest BCUT2D eigenvalue weighted by Gasteiger charge is -2.31. The number of aliphatic hydroxyl groups is 1. The van der Waals surface area contributed by atoms with Crippen molar-refractivity contribution in [3.05, 3.63) is 83.9 Å². The molecule has 0 bridgehead atoms. The zero-order valence-corrected chi connectivity index (χ0v) is 15.4. The molecule has 0 saturated heterocycles. The van der Waals surface area contributed by atoms with Crippen molar-refractivity contribution in [2.75, 3.05) is 0 Å². The Balaban J connectivity index is 2.03. The summed E-state index contributed by atoms with van der Waals surface area (Å²) in [5, 5.41) is 10.8. The highest BCUT2D eigenvalue weighted by Crippen LogP contribution is 2.36. The van der Waals surface area contributed by atoms with Crippen LogP contribution in [-0.4, -0.2) is 13.2 Å². The van der Waals surface area contributed by atoms with Crippen molar-refractivity contribution in [3.63, 3.8) is 0 Å². The van der Waals surface area contributed by atoms with Crippen molar-refractivity contribution in [1.82, 2.24) is 0 Å². The van der Waals surface area contributed by atoms with Crippen LogP contribution in [0.1, 0.15) is 23.7 Å². The normalized spacial score (nSPS) is 14.8. The first kappa shape index (κ1) is 17.7. The predicted octanol–water partition coefficient (Wildman–Crippen LogP) is 5.62. The summed E-state index contributed by atoms with van der Waals surface area (Å²) in [6.45, 7) is 6.97. The second-order valence-electron chi connectivity index (χ2n) is 7.20. The molecule has 2 heteroatoms. The average Bonchev–Trinajstić information content (AvgIpc) is 2.55. The number of aliphatic hydroxyl groups excluding tert-OH is 1. The van der Waals surface area contributed by atoms with Crippen LogP contribution in [0.3, 0.4) is 0 Å². The van der Waals surface area contributed by atoms with Gasteiger partial charge >= 0.3 is 0 Å². The summed E-state index contributed by atoms with van der Waals surface area (Å²) in [5.41, 5.74) is 2.62. The highest BCUT2D eigenvalue weighted by Gasteiger charge is 2.31. The lowest BCUT2D eigenvalue weighted by Crippen LogP contribution is -2.31. The molecule has 2 atom stereocenters. The molecule has 0 amide bonds. The lowest BCUT2D eigenvalue weighted by molar-refractivity contribution is 0.179. The Morgan fingerprint density at radius 1 is 0.913 bits per heavy atom. The summed E-state index contributed by atoms with van der Waals surface area (Å²) in [4.78, 5) is 0. The molecule has 0 aliphatic carbocycles. The number of allylic oxidation sites excluding steroid dienone is 1. The van der Waals surface area contributed by atoms with Gasteiger partial charge in [-0.2, -0.15) is 0 Å². The van der Waals surface area contributed by atoms with Gasteiger partial charge in [0.2, 0.25) is 0 Å². The minimum atomic E-state index is -1.50. The monoisotopic (exact) mass is 324 g/mol. The largest absolute Gasteiger partial charge is 0.388 e. The van der Waals surface area contributed by atoms with Crippen molar-refractivity contribution in [2.24, 2.45) is 0 Å². The molecule has 0 fully saturated rings. The van der Waals surface area contributed by atoms with Gasteiger partial charge in [-0.1, -0.05) is 92.5 Å². The molecule has 0 saturated carbocycles. The Morgan fingerprint density at radius 2 is 1.48 bits per heavy atom. The quantitative estimate of drug-likeness (QED) is 0.518. The van der Waals surface area contributed by atoms with Crippen molar-refractivity contribution in [3.8, 4) is 0 Å². The van der Waals surface area contributed by atoms with E-state index in [4.69, 9.17) is 0 Å². The Hall–Kier alpha value is -1.64. The van der Waals surface area contributed by atoms with E-state index in [0.29, 0.717) is 0 Å². The van der Waals surface area contributed by atoms with Gasteiger partial charge < -0.3 is 5.11 Å². The maximum atomic E-state index is 10.8. The Morgan fingerprint density at radius 3 is 2.04 bits per heavy atom. The minimum absolute atomic E-state index is 0.237. The van der Waals surface area contributed by atoms with E-state index in [-0.39, 0.29) is 5.54 Å². The van der Waals surface area contributed by atoms with Crippen molar-refractivity contribution >= 4 is 8.07 Å². The fourth-order valence-corrected chi connectivity index (χ4v) is 4.72. The third-order valence-electron chi connectivity index (χ3n) is 4.27. The molecule has 23 heavy (non-hydrogen) atoms. The van der Waals surface area contributed by atoms with E-state index in [9.17, 15) is 5.11 Å². The average molecular weight is 325 g/mol. The first-order valence-electron chi connectivity index (χ1n) is 8.42. The van der Waals surface area contributed by atoms with E-state index in [1.54, 1.807) is 0 Å². The van der Waals surface area contributed by atoms with Gasteiger partial charge in [-0.3, -0.25) is 0 Å². The van der Waals surface area contributed by atoms with Gasteiger partial charge in [-0.05, 0) is 24.0 Å². The van der Waals surface area contributed by atoms with Gasteiger partial charge in [-0.25, -0.2) is 0 Å². The maximum Gasteiger partial charge on any atom is 0.0828 e. The van der Waals surface area contributed by atoms with Gasteiger partial charge in [0.1, 0.15) is 0 Å². The van der Waals surface area contributed by atoms with E-state index >= 15 is 0 Å². The molecule has 2 aromatic carbocycles. The molecule has 0 aromatic heterocycles. The standard InChI is InChI=1S/C21H28OSi/c1-23(2,3)20(21(22)19-15-8-5-9-16-19)17-11-10-14-18-12-6-4-7-13-18/h4-9,11-13,15-17,20-22H,10,14H2,1-3H3/b17-11+/t20-,21+/m0/s1. The minimum Gasteiger partial charge on any atom is -0.388 e. The summed E-state index contributed by atoms with van der Waals surface area (Å²) in [6, 6.07) is 20.6. The van der Waals surface area contributed by atoms with E-state index in [0.717, 1.165) is 18.4 Å². The summed E-state index contributed by atoms with van der Waals surface area (Å²) in [6.07, 6.45) is 6.18. The fourth-order valence-electron chi connectivity index (χ4n) is 2.86. The Kier molecular flexibility index (Phi) is 6.37. The third-order valence-corrected chi connectivity index (χ3v) is 6.78. The molecule has 0 aliphatic rings. The molecule has 0 heterocycles. The van der Waals surface area contributed by atoms with E-state index < -0.39 is 14.2 Å². The molecule has 2 aromatic rings. The summed E-state index contributed by atoms with van der Waals surface area (Å²) < 4.78 is 0. The topological polar surface area (TPSA) is 20.2 Å². The predicted molar refractivity (Wildman–Crippen MR) is 102 cm³/mol. The molecule has 2 rings (SSSR count). The molecule has 1 nitrogen and oxygen atoms in total. The Bertz CT molecular complexity index is 599. The molecule has 122 valence electrons. The molecule has 0 spiro atoms.